The molecule has 1 aromatic rings. The summed E-state index contributed by atoms with van der Waals surface area (Å²) in [4.78, 5) is 24.9. The summed E-state index contributed by atoms with van der Waals surface area (Å²) in [6.45, 7) is -0.809. The van der Waals surface area contributed by atoms with Crippen molar-refractivity contribution in [2.24, 2.45) is 0 Å². The van der Waals surface area contributed by atoms with Crippen LogP contribution < -0.4 is 4.72 Å². The molecule has 0 atom stereocenters. The van der Waals surface area contributed by atoms with Crippen LogP contribution in [0.25, 0.3) is 0 Å². The quantitative estimate of drug-likeness (QED) is 0.615. The second kappa shape index (κ2) is 10.3. The molecule has 0 radical (unpaired) electrons. The Morgan fingerprint density at radius 3 is 2.50 bits per heavy atom. The molecule has 7 nitrogen and oxygen atoms in total. The number of likely N-dealkylation sites (N-methyl/N-ethyl adjacent to an activating group) is 1. The van der Waals surface area contributed by atoms with E-state index in [1.165, 1.54) is 0 Å². The summed E-state index contributed by atoms with van der Waals surface area (Å²) in [6.07, 6.45) is 0.0262. The topological polar surface area (TPSA) is 92.8 Å². The number of carbonyl (C=O) groups excluding carboxylic acids is 2. The minimum Gasteiger partial charge on any atom is -0.456 e. The molecule has 168 valence electrons. The standard InChI is InChI=1S/C19H25F3N2O5S/c1-24(15-7-3-2-4-8-15)17(25)13-29-18(26)10-11-23-30(27,28)16-9-5-6-14(12-16)19(20,21)22/h5-6,9,12,15,23H,2-4,7-8,10-11,13H2,1H3. The lowest BCUT2D eigenvalue weighted by atomic mass is 9.94. The highest BCUT2D eigenvalue weighted by molar-refractivity contribution is 7.89. The van der Waals surface area contributed by atoms with E-state index in [0.29, 0.717) is 6.07 Å². The molecule has 30 heavy (non-hydrogen) atoms. The third kappa shape index (κ3) is 6.98. The minimum atomic E-state index is -4.67. The maximum atomic E-state index is 12.7. The number of benzene rings is 1. The van der Waals surface area contributed by atoms with Crippen LogP contribution in [0.5, 0.6) is 0 Å². The predicted octanol–water partition coefficient (Wildman–Crippen LogP) is 2.71. The number of amides is 1. The molecule has 0 aromatic heterocycles. The molecular formula is C19H25F3N2O5S. The van der Waals surface area contributed by atoms with Gasteiger partial charge in [-0.2, -0.15) is 13.2 Å². The van der Waals surface area contributed by atoms with Gasteiger partial charge in [-0.15, -0.1) is 0 Å². The van der Waals surface area contributed by atoms with Gasteiger partial charge in [-0.25, -0.2) is 13.1 Å². The number of esters is 1. The Morgan fingerprint density at radius 2 is 1.87 bits per heavy atom. The Kier molecular flexibility index (Phi) is 8.25. The van der Waals surface area contributed by atoms with E-state index in [2.05, 4.69) is 4.72 Å². The molecular weight excluding hydrogens is 425 g/mol. The first-order valence-corrected chi connectivity index (χ1v) is 11.1. The smallest absolute Gasteiger partial charge is 0.416 e. The first-order valence-electron chi connectivity index (χ1n) is 9.59. The maximum absolute atomic E-state index is 12.7. The van der Waals surface area contributed by atoms with Gasteiger partial charge in [0.25, 0.3) is 5.91 Å². The van der Waals surface area contributed by atoms with Gasteiger partial charge in [0, 0.05) is 19.6 Å². The number of nitrogens with one attached hydrogen (secondary N) is 1. The molecule has 0 aliphatic heterocycles. The molecule has 0 spiro atoms. The second-order valence-electron chi connectivity index (χ2n) is 7.13. The van der Waals surface area contributed by atoms with Gasteiger partial charge >= 0.3 is 12.1 Å². The summed E-state index contributed by atoms with van der Waals surface area (Å²) < 4.78 is 69.4. The Morgan fingerprint density at radius 1 is 1.20 bits per heavy atom. The largest absolute Gasteiger partial charge is 0.456 e. The third-order valence-electron chi connectivity index (χ3n) is 4.97. The molecule has 0 bridgehead atoms. The monoisotopic (exact) mass is 450 g/mol. The minimum absolute atomic E-state index is 0.129. The van der Waals surface area contributed by atoms with Gasteiger partial charge in [-0.05, 0) is 31.0 Å². The summed E-state index contributed by atoms with van der Waals surface area (Å²) in [5, 5.41) is 0. The normalized spacial score (nSPS) is 15.6. The Balaban J connectivity index is 1.79. The van der Waals surface area contributed by atoms with E-state index in [4.69, 9.17) is 4.74 Å². The van der Waals surface area contributed by atoms with Crippen molar-refractivity contribution >= 4 is 21.9 Å². The van der Waals surface area contributed by atoms with Crippen LogP contribution in [0.1, 0.15) is 44.1 Å². The number of rotatable bonds is 8. The molecule has 1 saturated carbocycles. The molecule has 2 rings (SSSR count). The van der Waals surface area contributed by atoms with E-state index in [0.717, 1.165) is 50.3 Å². The van der Waals surface area contributed by atoms with Crippen molar-refractivity contribution in [2.75, 3.05) is 20.2 Å². The average molecular weight is 450 g/mol. The summed E-state index contributed by atoms with van der Waals surface area (Å²) in [5.74, 6) is -1.12. The van der Waals surface area contributed by atoms with E-state index < -0.39 is 39.2 Å². The maximum Gasteiger partial charge on any atom is 0.416 e. The fourth-order valence-corrected chi connectivity index (χ4v) is 4.28. The van der Waals surface area contributed by atoms with Crippen LogP contribution in [-0.4, -0.2) is 51.4 Å². The van der Waals surface area contributed by atoms with Crippen LogP contribution in [0.15, 0.2) is 29.2 Å². The van der Waals surface area contributed by atoms with E-state index in [9.17, 15) is 31.2 Å². The first-order chi connectivity index (χ1) is 14.0. The lowest BCUT2D eigenvalue weighted by Gasteiger charge is -2.31. The van der Waals surface area contributed by atoms with Gasteiger partial charge in [0.15, 0.2) is 6.61 Å². The van der Waals surface area contributed by atoms with Crippen LogP contribution in [0.4, 0.5) is 13.2 Å². The average Bonchev–Trinajstić information content (AvgIpc) is 2.71. The summed E-state index contributed by atoms with van der Waals surface area (Å²) in [7, 11) is -2.57. The van der Waals surface area contributed by atoms with Crippen LogP contribution in [0.2, 0.25) is 0 Å². The Hall–Kier alpha value is -2.14. The van der Waals surface area contributed by atoms with Crippen molar-refractivity contribution in [1.29, 1.82) is 0 Å². The van der Waals surface area contributed by atoms with Gasteiger partial charge in [0.2, 0.25) is 10.0 Å². The molecule has 1 aliphatic carbocycles. The van der Waals surface area contributed by atoms with Crippen molar-refractivity contribution in [1.82, 2.24) is 9.62 Å². The molecule has 0 saturated heterocycles. The molecule has 1 amide bonds. The van der Waals surface area contributed by atoms with Crippen molar-refractivity contribution in [2.45, 2.75) is 55.6 Å². The van der Waals surface area contributed by atoms with Gasteiger partial charge in [-0.1, -0.05) is 25.3 Å². The van der Waals surface area contributed by atoms with Crippen LogP contribution in [-0.2, 0) is 30.5 Å². The zero-order valence-electron chi connectivity index (χ0n) is 16.6. The Bertz CT molecular complexity index is 852. The van der Waals surface area contributed by atoms with Gasteiger partial charge in [-0.3, -0.25) is 9.59 Å². The lowest BCUT2D eigenvalue weighted by molar-refractivity contribution is -0.152. The van der Waals surface area contributed by atoms with Gasteiger partial charge < -0.3 is 9.64 Å². The molecule has 1 N–H and O–H groups in total. The number of alkyl halides is 3. The van der Waals surface area contributed by atoms with E-state index in [1.807, 2.05) is 0 Å². The lowest BCUT2D eigenvalue weighted by Crippen LogP contribution is -2.40. The number of sulfonamides is 1. The highest BCUT2D eigenvalue weighted by Gasteiger charge is 2.31. The number of nitrogens with zero attached hydrogens (tertiary/aromatic N) is 1. The summed E-state index contributed by atoms with van der Waals surface area (Å²) in [6, 6.07) is 3.41. The first kappa shape index (κ1) is 24.1. The fraction of sp³-hybridized carbons (Fsp3) is 0.579. The molecule has 11 heteroatoms. The summed E-state index contributed by atoms with van der Waals surface area (Å²) in [5.41, 5.74) is -1.09. The van der Waals surface area contributed by atoms with Crippen molar-refractivity contribution in [3.05, 3.63) is 29.8 Å². The number of carbonyl (C=O) groups is 2. The van der Waals surface area contributed by atoms with E-state index in [-0.39, 0.29) is 24.9 Å². The highest BCUT2D eigenvalue weighted by Crippen LogP contribution is 2.30. The number of halogens is 3. The molecule has 1 fully saturated rings. The molecule has 0 unspecified atom stereocenters. The molecule has 1 aromatic carbocycles. The SMILES string of the molecule is CN(C(=O)COC(=O)CCNS(=O)(=O)c1cccc(C(F)(F)F)c1)C1CCCCC1. The van der Waals surface area contributed by atoms with Gasteiger partial charge in [0.1, 0.15) is 0 Å². The van der Waals surface area contributed by atoms with Gasteiger partial charge in [0.05, 0.1) is 16.9 Å². The molecule has 0 heterocycles. The van der Waals surface area contributed by atoms with E-state index in [1.54, 1.807) is 11.9 Å². The number of ether oxygens (including phenoxy) is 1. The zero-order chi connectivity index (χ0) is 22.4. The highest BCUT2D eigenvalue weighted by atomic mass is 32.2. The second-order valence-corrected chi connectivity index (χ2v) is 8.90. The van der Waals surface area contributed by atoms with Crippen LogP contribution in [0, 0.1) is 0 Å². The fourth-order valence-electron chi connectivity index (χ4n) is 3.20. The van der Waals surface area contributed by atoms with Crippen LogP contribution >= 0.6 is 0 Å². The van der Waals surface area contributed by atoms with Crippen molar-refractivity contribution < 1.29 is 35.9 Å². The Labute approximate surface area is 173 Å². The molecule has 1 aliphatic rings. The summed E-state index contributed by atoms with van der Waals surface area (Å²) >= 11 is 0. The number of hydrogen-bond donors (Lipinski definition) is 1. The van der Waals surface area contributed by atoms with E-state index >= 15 is 0 Å². The van der Waals surface area contributed by atoms with Crippen molar-refractivity contribution in [3.63, 3.8) is 0 Å². The third-order valence-corrected chi connectivity index (χ3v) is 6.42. The van der Waals surface area contributed by atoms with Crippen molar-refractivity contribution in [3.8, 4) is 0 Å². The number of hydrogen-bond acceptors (Lipinski definition) is 5. The zero-order valence-corrected chi connectivity index (χ0v) is 17.4. The van der Waals surface area contributed by atoms with Crippen LogP contribution in [0.3, 0.4) is 0 Å². The predicted molar refractivity (Wildman–Crippen MR) is 102 cm³/mol.